The van der Waals surface area contributed by atoms with Crippen LogP contribution in [0, 0.1) is 17.8 Å². The molecule has 21 heavy (non-hydrogen) atoms. The quantitative estimate of drug-likeness (QED) is 0.888. The van der Waals surface area contributed by atoms with Gasteiger partial charge in [0.25, 0.3) is 5.91 Å². The molecule has 5 heteroatoms. The molecular formula is C16H23N3OS. The Kier molecular flexibility index (Phi) is 4.83. The van der Waals surface area contributed by atoms with E-state index in [1.807, 2.05) is 12.1 Å². The van der Waals surface area contributed by atoms with Gasteiger partial charge in [-0.1, -0.05) is 27.7 Å². The summed E-state index contributed by atoms with van der Waals surface area (Å²) in [6.07, 6.45) is 1.70. The molecule has 0 radical (unpaired) electrons. The van der Waals surface area contributed by atoms with Crippen molar-refractivity contribution in [3.8, 4) is 0 Å². The van der Waals surface area contributed by atoms with E-state index in [9.17, 15) is 4.79 Å². The zero-order valence-electron chi connectivity index (χ0n) is 13.0. The largest absolute Gasteiger partial charge is 0.396 e. The minimum Gasteiger partial charge on any atom is -0.396 e. The van der Waals surface area contributed by atoms with E-state index < -0.39 is 0 Å². The van der Waals surface area contributed by atoms with E-state index in [2.05, 4.69) is 38.0 Å². The van der Waals surface area contributed by atoms with Gasteiger partial charge in [0.1, 0.15) is 10.4 Å². The van der Waals surface area contributed by atoms with Gasteiger partial charge >= 0.3 is 0 Å². The molecule has 2 aromatic heterocycles. The topological polar surface area (TPSA) is 68.0 Å². The number of pyridine rings is 1. The average molecular weight is 305 g/mol. The van der Waals surface area contributed by atoms with Gasteiger partial charge in [-0.25, -0.2) is 0 Å². The summed E-state index contributed by atoms with van der Waals surface area (Å²) in [6.45, 7) is 9.43. The number of hydrogen-bond donors (Lipinski definition) is 2. The molecule has 0 saturated heterocycles. The lowest BCUT2D eigenvalue weighted by molar-refractivity contribution is 0.0942. The number of carbonyl (C=O) groups is 1. The van der Waals surface area contributed by atoms with Gasteiger partial charge < -0.3 is 11.1 Å². The van der Waals surface area contributed by atoms with Crippen molar-refractivity contribution in [1.82, 2.24) is 10.3 Å². The molecule has 0 saturated carbocycles. The molecule has 4 nitrogen and oxygen atoms in total. The molecule has 0 atom stereocenters. The molecule has 0 aliphatic carbocycles. The highest BCUT2D eigenvalue weighted by atomic mass is 32.1. The predicted octanol–water partition coefficient (Wildman–Crippen LogP) is 3.54. The van der Waals surface area contributed by atoms with Crippen molar-refractivity contribution in [3.63, 3.8) is 0 Å². The van der Waals surface area contributed by atoms with Crippen LogP contribution in [0.2, 0.25) is 0 Å². The summed E-state index contributed by atoms with van der Waals surface area (Å²) in [5.41, 5.74) is 7.26. The maximum absolute atomic E-state index is 12.4. The third-order valence-electron chi connectivity index (χ3n) is 3.90. The Morgan fingerprint density at radius 3 is 2.57 bits per heavy atom. The normalized spacial score (nSPS) is 11.8. The van der Waals surface area contributed by atoms with Crippen molar-refractivity contribution in [2.24, 2.45) is 17.8 Å². The first-order chi connectivity index (χ1) is 9.91. The minimum absolute atomic E-state index is 0.0956. The van der Waals surface area contributed by atoms with Crippen LogP contribution in [0.1, 0.15) is 37.4 Å². The Hall–Kier alpha value is -1.62. The van der Waals surface area contributed by atoms with E-state index >= 15 is 0 Å². The lowest BCUT2D eigenvalue weighted by Crippen LogP contribution is -2.33. The summed E-state index contributed by atoms with van der Waals surface area (Å²) in [7, 11) is 0. The second-order valence-corrected chi connectivity index (χ2v) is 7.11. The van der Waals surface area contributed by atoms with Crippen LogP contribution in [0.15, 0.2) is 18.3 Å². The first-order valence-corrected chi connectivity index (χ1v) is 8.14. The van der Waals surface area contributed by atoms with Crippen LogP contribution in [0.3, 0.4) is 0 Å². The molecule has 0 aromatic carbocycles. The molecule has 2 heterocycles. The minimum atomic E-state index is -0.0956. The van der Waals surface area contributed by atoms with Crippen LogP contribution >= 0.6 is 11.3 Å². The fourth-order valence-electron chi connectivity index (χ4n) is 2.65. The number of nitrogens with two attached hydrogens (primary N) is 1. The van der Waals surface area contributed by atoms with Crippen molar-refractivity contribution in [2.75, 3.05) is 12.3 Å². The van der Waals surface area contributed by atoms with Gasteiger partial charge in [-0.05, 0) is 29.9 Å². The van der Waals surface area contributed by atoms with Crippen molar-refractivity contribution in [1.29, 1.82) is 0 Å². The zero-order chi connectivity index (χ0) is 15.6. The van der Waals surface area contributed by atoms with E-state index in [-0.39, 0.29) is 5.91 Å². The molecule has 0 aliphatic heterocycles. The molecule has 0 spiro atoms. The highest BCUT2D eigenvalue weighted by Crippen LogP contribution is 2.31. The third kappa shape index (κ3) is 3.35. The summed E-state index contributed by atoms with van der Waals surface area (Å²) in [4.78, 5) is 17.2. The summed E-state index contributed by atoms with van der Waals surface area (Å²) >= 11 is 1.40. The van der Waals surface area contributed by atoms with Gasteiger partial charge in [0, 0.05) is 12.7 Å². The Bertz CT molecular complexity index is 625. The lowest BCUT2D eigenvalue weighted by atomic mass is 9.85. The lowest BCUT2D eigenvalue weighted by Gasteiger charge is -2.24. The first kappa shape index (κ1) is 15.8. The Morgan fingerprint density at radius 1 is 1.33 bits per heavy atom. The molecular weight excluding hydrogens is 282 g/mol. The number of carbonyl (C=O) groups excluding carboxylic acids is 1. The van der Waals surface area contributed by atoms with Crippen molar-refractivity contribution < 1.29 is 4.79 Å². The molecule has 0 bridgehead atoms. The Balaban J connectivity index is 2.14. The predicted molar refractivity (Wildman–Crippen MR) is 89.5 cm³/mol. The fraction of sp³-hybridized carbons (Fsp3) is 0.500. The third-order valence-corrected chi connectivity index (χ3v) is 5.06. The molecule has 0 fully saturated rings. The van der Waals surface area contributed by atoms with Gasteiger partial charge in [0.2, 0.25) is 0 Å². The molecule has 2 aromatic rings. The molecule has 3 N–H and O–H groups in total. The highest BCUT2D eigenvalue weighted by molar-refractivity contribution is 7.21. The number of aromatic nitrogens is 1. The molecule has 0 unspecified atom stereocenters. The van der Waals surface area contributed by atoms with Gasteiger partial charge in [-0.2, -0.15) is 0 Å². The van der Waals surface area contributed by atoms with Crippen molar-refractivity contribution >= 4 is 33.1 Å². The number of fused-ring (bicyclic) bond motifs is 1. The van der Waals surface area contributed by atoms with E-state index in [4.69, 9.17) is 5.73 Å². The maximum atomic E-state index is 12.4. The Labute approximate surface area is 129 Å². The Morgan fingerprint density at radius 2 is 2.00 bits per heavy atom. The standard InChI is InChI=1S/C16H23N3OS/c1-9(2)11(10(3)4)8-19-16(20)15-13(17)14-12(21-15)6-5-7-18-14/h5-7,9-11H,8,17H2,1-4H3,(H,19,20). The summed E-state index contributed by atoms with van der Waals surface area (Å²) in [5.74, 6) is 1.43. The number of anilines is 1. The molecule has 0 aliphatic rings. The smallest absolute Gasteiger partial charge is 0.263 e. The monoisotopic (exact) mass is 305 g/mol. The van der Waals surface area contributed by atoms with Gasteiger partial charge in [0.05, 0.1) is 10.4 Å². The number of nitrogens with zero attached hydrogens (tertiary/aromatic N) is 1. The summed E-state index contributed by atoms with van der Waals surface area (Å²) in [5, 5.41) is 3.03. The van der Waals surface area contributed by atoms with E-state index in [1.165, 1.54) is 11.3 Å². The SMILES string of the molecule is CC(C)C(CNC(=O)c1sc2cccnc2c1N)C(C)C. The summed E-state index contributed by atoms with van der Waals surface area (Å²) in [6, 6.07) is 3.79. The fourth-order valence-corrected chi connectivity index (χ4v) is 3.65. The second kappa shape index (κ2) is 6.43. The maximum Gasteiger partial charge on any atom is 0.263 e. The van der Waals surface area contributed by atoms with Crippen LogP contribution in [0.25, 0.3) is 10.2 Å². The van der Waals surface area contributed by atoms with Crippen LogP contribution in [-0.4, -0.2) is 17.4 Å². The van der Waals surface area contributed by atoms with Crippen LogP contribution < -0.4 is 11.1 Å². The van der Waals surface area contributed by atoms with Gasteiger partial charge in [-0.15, -0.1) is 11.3 Å². The number of thiophene rings is 1. The van der Waals surface area contributed by atoms with Crippen LogP contribution in [0.4, 0.5) is 5.69 Å². The van der Waals surface area contributed by atoms with E-state index in [0.29, 0.717) is 34.9 Å². The van der Waals surface area contributed by atoms with Crippen molar-refractivity contribution in [3.05, 3.63) is 23.2 Å². The number of hydrogen-bond acceptors (Lipinski definition) is 4. The van der Waals surface area contributed by atoms with Crippen LogP contribution in [-0.2, 0) is 0 Å². The zero-order valence-corrected chi connectivity index (χ0v) is 13.8. The van der Waals surface area contributed by atoms with Crippen LogP contribution in [0.5, 0.6) is 0 Å². The van der Waals surface area contributed by atoms with E-state index in [0.717, 1.165) is 10.2 Å². The van der Waals surface area contributed by atoms with Gasteiger partial charge in [0.15, 0.2) is 0 Å². The molecule has 1 amide bonds. The van der Waals surface area contributed by atoms with Gasteiger partial charge in [-0.3, -0.25) is 9.78 Å². The second-order valence-electron chi connectivity index (χ2n) is 6.06. The number of nitrogens with one attached hydrogen (secondary N) is 1. The average Bonchev–Trinajstić information content (AvgIpc) is 2.76. The van der Waals surface area contributed by atoms with E-state index in [1.54, 1.807) is 6.20 Å². The van der Waals surface area contributed by atoms with Crippen molar-refractivity contribution in [2.45, 2.75) is 27.7 Å². The molecule has 114 valence electrons. The number of rotatable bonds is 5. The highest BCUT2D eigenvalue weighted by Gasteiger charge is 2.21. The summed E-state index contributed by atoms with van der Waals surface area (Å²) < 4.78 is 0.949. The first-order valence-electron chi connectivity index (χ1n) is 7.33. The number of nitrogen functional groups attached to an aromatic ring is 1. The number of amides is 1. The molecule has 2 rings (SSSR count).